The van der Waals surface area contributed by atoms with Crippen LogP contribution < -0.4 is 10.1 Å². The number of hydrogen-bond acceptors (Lipinski definition) is 5. The Morgan fingerprint density at radius 2 is 1.93 bits per heavy atom. The highest BCUT2D eigenvalue weighted by Crippen LogP contribution is 2.46. The first-order valence-corrected chi connectivity index (χ1v) is 11.2. The Bertz CT molecular complexity index is 1150. The van der Waals surface area contributed by atoms with Crippen LogP contribution in [0.25, 0.3) is 0 Å². The van der Waals surface area contributed by atoms with Crippen molar-refractivity contribution in [1.82, 2.24) is 0 Å². The van der Waals surface area contributed by atoms with E-state index in [0.717, 1.165) is 10.4 Å². The quantitative estimate of drug-likeness (QED) is 0.646. The second-order valence-electron chi connectivity index (χ2n) is 6.38. The van der Waals surface area contributed by atoms with Gasteiger partial charge in [0.1, 0.15) is 10.6 Å². The molecule has 0 bridgehead atoms. The largest absolute Gasteiger partial charge is 0.497 e. The number of rotatable bonds is 4. The summed E-state index contributed by atoms with van der Waals surface area (Å²) in [6, 6.07) is 13.5. The highest BCUT2D eigenvalue weighted by atomic mass is 35.5. The molecule has 0 fully saturated rings. The highest BCUT2D eigenvalue weighted by Gasteiger charge is 2.34. The number of halogens is 1. The molecule has 1 aromatic heterocycles. The fourth-order valence-electron chi connectivity index (χ4n) is 3.27. The van der Waals surface area contributed by atoms with E-state index in [4.69, 9.17) is 16.3 Å². The number of sulfone groups is 1. The number of carbonyl (C=O) groups is 1. The van der Waals surface area contributed by atoms with Gasteiger partial charge >= 0.3 is 0 Å². The second-order valence-corrected chi connectivity index (χ2v) is 9.64. The van der Waals surface area contributed by atoms with Crippen LogP contribution in [0.15, 0.2) is 63.7 Å². The number of anilines is 1. The SMILES string of the molecule is COc1cccc(C2CC(=O)Nc3c(S(=O)(=O)c4ccc(Cl)cc4)csc32)c1. The van der Waals surface area contributed by atoms with Gasteiger partial charge in [-0.1, -0.05) is 23.7 Å². The predicted molar refractivity (Wildman–Crippen MR) is 109 cm³/mol. The monoisotopic (exact) mass is 433 g/mol. The number of ether oxygens (including phenoxy) is 1. The van der Waals surface area contributed by atoms with Crippen LogP contribution in [-0.2, 0) is 14.6 Å². The summed E-state index contributed by atoms with van der Waals surface area (Å²) in [5.41, 5.74) is 1.27. The third-order valence-corrected chi connectivity index (χ3v) is 7.96. The van der Waals surface area contributed by atoms with Crippen LogP contribution in [0.5, 0.6) is 5.75 Å². The number of amides is 1. The number of hydrogen-bond donors (Lipinski definition) is 1. The van der Waals surface area contributed by atoms with Gasteiger partial charge in [0, 0.05) is 27.6 Å². The van der Waals surface area contributed by atoms with E-state index in [9.17, 15) is 13.2 Å². The van der Waals surface area contributed by atoms with Crippen LogP contribution in [0.4, 0.5) is 5.69 Å². The van der Waals surface area contributed by atoms with Crippen molar-refractivity contribution in [2.75, 3.05) is 12.4 Å². The molecule has 8 heteroatoms. The number of fused-ring (bicyclic) bond motifs is 1. The molecule has 4 rings (SSSR count). The van der Waals surface area contributed by atoms with E-state index in [1.54, 1.807) is 12.5 Å². The number of benzene rings is 2. The number of thiophene rings is 1. The summed E-state index contributed by atoms with van der Waals surface area (Å²) in [6.45, 7) is 0. The normalized spacial score (nSPS) is 16.4. The summed E-state index contributed by atoms with van der Waals surface area (Å²) in [7, 11) is -2.20. The molecule has 1 amide bonds. The zero-order valence-electron chi connectivity index (χ0n) is 14.8. The Hall–Kier alpha value is -2.35. The van der Waals surface area contributed by atoms with Gasteiger partial charge in [-0.05, 0) is 42.0 Å². The molecule has 0 radical (unpaired) electrons. The van der Waals surface area contributed by atoms with Crippen LogP contribution in [0.1, 0.15) is 22.8 Å². The maximum atomic E-state index is 13.1. The van der Waals surface area contributed by atoms with Crippen molar-refractivity contribution in [3.8, 4) is 5.75 Å². The van der Waals surface area contributed by atoms with E-state index >= 15 is 0 Å². The summed E-state index contributed by atoms with van der Waals surface area (Å²) in [5, 5.41) is 4.81. The summed E-state index contributed by atoms with van der Waals surface area (Å²) >= 11 is 7.21. The molecule has 2 aromatic carbocycles. The number of methoxy groups -OCH3 is 1. The van der Waals surface area contributed by atoms with Gasteiger partial charge in [0.25, 0.3) is 0 Å². The van der Waals surface area contributed by atoms with Crippen LogP contribution in [0.3, 0.4) is 0 Å². The Morgan fingerprint density at radius 1 is 1.18 bits per heavy atom. The maximum absolute atomic E-state index is 13.1. The molecular formula is C20H16ClNO4S2. The molecule has 5 nitrogen and oxygen atoms in total. The fourth-order valence-corrected chi connectivity index (χ4v) is 6.30. The number of nitrogens with one attached hydrogen (secondary N) is 1. The zero-order valence-corrected chi connectivity index (χ0v) is 17.2. The Labute approximate surface area is 171 Å². The molecule has 1 aliphatic heterocycles. The first-order valence-electron chi connectivity index (χ1n) is 8.46. The van der Waals surface area contributed by atoms with Crippen LogP contribution in [0, 0.1) is 0 Å². The highest BCUT2D eigenvalue weighted by molar-refractivity contribution is 7.91. The molecule has 0 saturated heterocycles. The Morgan fingerprint density at radius 3 is 2.64 bits per heavy atom. The minimum absolute atomic E-state index is 0.107. The van der Waals surface area contributed by atoms with Crippen molar-refractivity contribution < 1.29 is 17.9 Å². The molecule has 28 heavy (non-hydrogen) atoms. The van der Waals surface area contributed by atoms with E-state index in [2.05, 4.69) is 5.32 Å². The molecule has 1 aliphatic rings. The molecular weight excluding hydrogens is 418 g/mol. The minimum Gasteiger partial charge on any atom is -0.497 e. The topological polar surface area (TPSA) is 72.5 Å². The molecule has 0 spiro atoms. The average molecular weight is 434 g/mol. The van der Waals surface area contributed by atoms with Gasteiger partial charge in [-0.15, -0.1) is 11.3 Å². The summed E-state index contributed by atoms with van der Waals surface area (Å²) in [6.07, 6.45) is 0.251. The van der Waals surface area contributed by atoms with Crippen molar-refractivity contribution in [2.24, 2.45) is 0 Å². The molecule has 144 valence electrons. The van der Waals surface area contributed by atoms with Gasteiger partial charge in [0.2, 0.25) is 15.7 Å². The number of carbonyl (C=O) groups excluding carboxylic acids is 1. The van der Waals surface area contributed by atoms with Crippen molar-refractivity contribution in [1.29, 1.82) is 0 Å². The van der Waals surface area contributed by atoms with Gasteiger partial charge in [0.15, 0.2) is 0 Å². The van der Waals surface area contributed by atoms with Crippen molar-refractivity contribution in [2.45, 2.75) is 22.1 Å². The fraction of sp³-hybridized carbons (Fsp3) is 0.150. The molecule has 0 saturated carbocycles. The minimum atomic E-state index is -3.78. The third-order valence-electron chi connectivity index (χ3n) is 4.67. The van der Waals surface area contributed by atoms with E-state index in [1.807, 2.05) is 24.3 Å². The Balaban J connectivity index is 1.81. The van der Waals surface area contributed by atoms with E-state index < -0.39 is 9.84 Å². The Kier molecular flexibility index (Phi) is 4.91. The average Bonchev–Trinajstić information content (AvgIpc) is 3.12. The van der Waals surface area contributed by atoms with Crippen LogP contribution in [0.2, 0.25) is 5.02 Å². The lowest BCUT2D eigenvalue weighted by molar-refractivity contribution is -0.116. The molecule has 1 N–H and O–H groups in total. The van der Waals surface area contributed by atoms with Gasteiger partial charge in [0.05, 0.1) is 17.7 Å². The van der Waals surface area contributed by atoms with E-state index in [1.165, 1.54) is 35.6 Å². The van der Waals surface area contributed by atoms with Crippen molar-refractivity contribution in [3.05, 3.63) is 69.4 Å². The van der Waals surface area contributed by atoms with Gasteiger partial charge in [-0.3, -0.25) is 4.79 Å². The molecule has 1 atom stereocenters. The van der Waals surface area contributed by atoms with Gasteiger partial charge in [-0.2, -0.15) is 0 Å². The van der Waals surface area contributed by atoms with E-state index in [0.29, 0.717) is 16.5 Å². The first-order chi connectivity index (χ1) is 13.4. The lowest BCUT2D eigenvalue weighted by Gasteiger charge is -2.24. The van der Waals surface area contributed by atoms with Gasteiger partial charge in [-0.25, -0.2) is 8.42 Å². The predicted octanol–water partition coefficient (Wildman–Crippen LogP) is 4.72. The van der Waals surface area contributed by atoms with Crippen molar-refractivity contribution >= 4 is 44.4 Å². The molecule has 3 aromatic rings. The maximum Gasteiger partial charge on any atom is 0.225 e. The molecule has 2 heterocycles. The molecule has 1 unspecified atom stereocenters. The van der Waals surface area contributed by atoms with Gasteiger partial charge < -0.3 is 10.1 Å². The second kappa shape index (κ2) is 7.24. The van der Waals surface area contributed by atoms with Crippen molar-refractivity contribution in [3.63, 3.8) is 0 Å². The summed E-state index contributed by atoms with van der Waals surface area (Å²) in [5.74, 6) is 0.250. The summed E-state index contributed by atoms with van der Waals surface area (Å²) in [4.78, 5) is 13.4. The summed E-state index contributed by atoms with van der Waals surface area (Å²) < 4.78 is 31.5. The smallest absolute Gasteiger partial charge is 0.225 e. The third kappa shape index (κ3) is 3.30. The standard InChI is InChI=1S/C20H16ClNO4S2/c1-26-14-4-2-3-12(9-14)16-10-18(23)22-19-17(11-27-20(16)19)28(24,25)15-7-5-13(21)6-8-15/h2-9,11,16H,10H2,1H3,(H,22,23). The van der Waals surface area contributed by atoms with Crippen LogP contribution in [-0.4, -0.2) is 21.4 Å². The zero-order chi connectivity index (χ0) is 19.9. The van der Waals surface area contributed by atoms with Crippen LogP contribution >= 0.6 is 22.9 Å². The van der Waals surface area contributed by atoms with E-state index in [-0.39, 0.29) is 28.0 Å². The first kappa shape index (κ1) is 19.0. The molecule has 0 aliphatic carbocycles. The lowest BCUT2D eigenvalue weighted by Crippen LogP contribution is -2.23. The lowest BCUT2D eigenvalue weighted by atomic mass is 9.90.